The lowest BCUT2D eigenvalue weighted by molar-refractivity contribution is 0.102. The van der Waals surface area contributed by atoms with Crippen molar-refractivity contribution in [3.8, 4) is 11.5 Å². The van der Waals surface area contributed by atoms with E-state index in [0.29, 0.717) is 27.2 Å². The van der Waals surface area contributed by atoms with Gasteiger partial charge in [-0.15, -0.1) is 5.11 Å². The second-order valence-corrected chi connectivity index (χ2v) is 10.1. The highest BCUT2D eigenvalue weighted by Gasteiger charge is 2.21. The van der Waals surface area contributed by atoms with Crippen molar-refractivity contribution in [3.63, 3.8) is 0 Å². The Morgan fingerprint density at radius 2 is 1.73 bits per heavy atom. The number of ether oxygens (including phenoxy) is 1. The highest BCUT2D eigenvalue weighted by molar-refractivity contribution is 7.85. The molecule has 4 aromatic carbocycles. The number of phenolic OH excluding ortho intramolecular Hbond substituents is 1. The number of aromatic hydroxyl groups is 1. The summed E-state index contributed by atoms with van der Waals surface area (Å²) in [7, 11) is -3.13. The Balaban J connectivity index is 1.83. The van der Waals surface area contributed by atoms with Crippen LogP contribution in [-0.4, -0.2) is 31.1 Å². The molecule has 12 heteroatoms. The summed E-state index contributed by atoms with van der Waals surface area (Å²) in [4.78, 5) is 12.8. The predicted molar refractivity (Wildman–Crippen MR) is 142 cm³/mol. The molecule has 0 aromatic heterocycles. The first-order valence-corrected chi connectivity index (χ1v) is 12.8. The molecule has 0 aliphatic heterocycles. The topological polar surface area (TPSA) is 138 Å². The van der Waals surface area contributed by atoms with Crippen molar-refractivity contribution in [1.29, 1.82) is 0 Å². The maximum Gasteiger partial charge on any atom is 0.294 e. The summed E-state index contributed by atoms with van der Waals surface area (Å²) in [6.07, 6.45) is 0. The third-order valence-corrected chi connectivity index (χ3v) is 6.92. The Bertz CT molecular complexity index is 1690. The molecule has 0 spiro atoms. The number of anilines is 1. The molecule has 190 valence electrons. The minimum absolute atomic E-state index is 0.00449. The van der Waals surface area contributed by atoms with Crippen LogP contribution in [0.5, 0.6) is 11.5 Å². The van der Waals surface area contributed by atoms with Gasteiger partial charge in [-0.1, -0.05) is 47.5 Å². The van der Waals surface area contributed by atoms with Gasteiger partial charge in [0, 0.05) is 15.4 Å². The van der Waals surface area contributed by atoms with Crippen LogP contribution in [0.1, 0.15) is 15.9 Å². The molecule has 4 aromatic rings. The second-order valence-electron chi connectivity index (χ2n) is 7.86. The number of nitrogens with one attached hydrogen (secondary N) is 1. The molecular formula is C25H19Cl2N3O6S. The average Bonchev–Trinajstić information content (AvgIpc) is 2.84. The van der Waals surface area contributed by atoms with E-state index in [2.05, 4.69) is 15.5 Å². The molecule has 0 unspecified atom stereocenters. The Hall–Kier alpha value is -3.70. The van der Waals surface area contributed by atoms with Crippen LogP contribution in [-0.2, 0) is 10.1 Å². The summed E-state index contributed by atoms with van der Waals surface area (Å²) in [5.74, 6) is -0.757. The van der Waals surface area contributed by atoms with Crippen molar-refractivity contribution >= 4 is 67.1 Å². The molecule has 4 rings (SSSR count). The van der Waals surface area contributed by atoms with E-state index in [1.54, 1.807) is 36.4 Å². The van der Waals surface area contributed by atoms with Crippen LogP contribution in [0.2, 0.25) is 10.0 Å². The number of methoxy groups -OCH3 is 1. The van der Waals surface area contributed by atoms with Crippen LogP contribution in [0.25, 0.3) is 10.8 Å². The van der Waals surface area contributed by atoms with Gasteiger partial charge in [-0.25, -0.2) is 0 Å². The minimum atomic E-state index is -4.57. The van der Waals surface area contributed by atoms with Crippen molar-refractivity contribution < 1.29 is 27.6 Å². The van der Waals surface area contributed by atoms with Crippen molar-refractivity contribution in [1.82, 2.24) is 0 Å². The third-order valence-electron chi connectivity index (χ3n) is 5.48. The minimum Gasteiger partial charge on any atom is -0.505 e. The molecule has 0 aliphatic carbocycles. The normalized spacial score (nSPS) is 11.7. The fourth-order valence-electron chi connectivity index (χ4n) is 3.68. The molecule has 0 fully saturated rings. The van der Waals surface area contributed by atoms with E-state index in [1.165, 1.54) is 32.2 Å². The number of azo groups is 1. The van der Waals surface area contributed by atoms with Crippen LogP contribution >= 0.6 is 23.2 Å². The number of halogens is 2. The summed E-state index contributed by atoms with van der Waals surface area (Å²) < 4.78 is 38.2. The number of carbonyl (C=O) groups is 1. The predicted octanol–water partition coefficient (Wildman–Crippen LogP) is 7.08. The number of hydrogen-bond donors (Lipinski definition) is 3. The number of hydrogen-bond acceptors (Lipinski definition) is 7. The van der Waals surface area contributed by atoms with E-state index in [-0.39, 0.29) is 27.5 Å². The molecule has 3 N–H and O–H groups in total. The summed E-state index contributed by atoms with van der Waals surface area (Å²) in [6, 6.07) is 15.5. The van der Waals surface area contributed by atoms with E-state index < -0.39 is 26.7 Å². The lowest BCUT2D eigenvalue weighted by atomic mass is 10.0. The molecular weight excluding hydrogens is 541 g/mol. The van der Waals surface area contributed by atoms with Gasteiger partial charge in [0.15, 0.2) is 5.75 Å². The van der Waals surface area contributed by atoms with Crippen LogP contribution in [0.3, 0.4) is 0 Å². The molecule has 0 heterocycles. The average molecular weight is 560 g/mol. The Labute approximate surface area is 222 Å². The zero-order chi connectivity index (χ0) is 26.9. The SMILES string of the molecule is COc1ccc(Cl)cc1NC(=O)c1cc2ccccc2c(N=Nc2cc(Cl)cc(S(=O)(=O)O)c2C)c1O. The molecule has 37 heavy (non-hydrogen) atoms. The molecule has 9 nitrogen and oxygen atoms in total. The van der Waals surface area contributed by atoms with Gasteiger partial charge in [0.05, 0.1) is 24.0 Å². The number of nitrogens with zero attached hydrogens (tertiary/aromatic N) is 2. The van der Waals surface area contributed by atoms with Crippen LogP contribution in [0, 0.1) is 6.92 Å². The van der Waals surface area contributed by atoms with Gasteiger partial charge in [0.1, 0.15) is 16.3 Å². The van der Waals surface area contributed by atoms with E-state index in [9.17, 15) is 22.9 Å². The smallest absolute Gasteiger partial charge is 0.294 e. The van der Waals surface area contributed by atoms with Crippen molar-refractivity contribution in [2.24, 2.45) is 10.2 Å². The fourth-order valence-corrected chi connectivity index (χ4v) is 4.89. The number of carbonyl (C=O) groups excluding carboxylic acids is 1. The summed E-state index contributed by atoms with van der Waals surface area (Å²) in [5, 5.41) is 23.4. The Morgan fingerprint density at radius 1 is 1.00 bits per heavy atom. The molecule has 0 saturated heterocycles. The molecule has 0 radical (unpaired) electrons. The standard InChI is InChI=1S/C25H19Cl2N3O6S/c1-13-19(11-16(27)12-22(13)37(33,34)35)29-30-23-17-6-4-3-5-14(17)9-18(24(23)31)25(32)28-20-10-15(26)7-8-21(20)36-2/h3-12,31H,1-2H3,(H,28,32)(H,33,34,35). The number of fused-ring (bicyclic) bond motifs is 1. The molecule has 0 atom stereocenters. The third kappa shape index (κ3) is 5.52. The first kappa shape index (κ1) is 26.4. The first-order chi connectivity index (χ1) is 17.5. The molecule has 0 bridgehead atoms. The zero-order valence-corrected chi connectivity index (χ0v) is 21.7. The van der Waals surface area contributed by atoms with Crippen molar-refractivity contribution in [2.45, 2.75) is 11.8 Å². The second kappa shape index (κ2) is 10.3. The lowest BCUT2D eigenvalue weighted by Gasteiger charge is -2.13. The number of benzene rings is 4. The Kier molecular flexibility index (Phi) is 7.37. The number of rotatable bonds is 6. The van der Waals surface area contributed by atoms with Crippen LogP contribution in [0.15, 0.2) is 75.8 Å². The fraction of sp³-hybridized carbons (Fsp3) is 0.0800. The molecule has 0 saturated carbocycles. The van der Waals surface area contributed by atoms with E-state index in [1.807, 2.05) is 0 Å². The van der Waals surface area contributed by atoms with Crippen LogP contribution < -0.4 is 10.1 Å². The van der Waals surface area contributed by atoms with Gasteiger partial charge >= 0.3 is 0 Å². The van der Waals surface area contributed by atoms with Crippen molar-refractivity contribution in [3.05, 3.63) is 81.8 Å². The first-order valence-electron chi connectivity index (χ1n) is 10.6. The summed E-state index contributed by atoms with van der Waals surface area (Å²) in [6.45, 7) is 1.42. The van der Waals surface area contributed by atoms with Gasteiger partial charge in [-0.3, -0.25) is 9.35 Å². The van der Waals surface area contributed by atoms with Crippen LogP contribution in [0.4, 0.5) is 17.1 Å². The van der Waals surface area contributed by atoms with Gasteiger partial charge in [-0.2, -0.15) is 13.5 Å². The molecule has 0 aliphatic rings. The Morgan fingerprint density at radius 3 is 2.43 bits per heavy atom. The number of amides is 1. The van der Waals surface area contributed by atoms with Gasteiger partial charge in [0.2, 0.25) is 0 Å². The maximum atomic E-state index is 13.2. The van der Waals surface area contributed by atoms with E-state index in [4.69, 9.17) is 27.9 Å². The van der Waals surface area contributed by atoms with E-state index in [0.717, 1.165) is 6.07 Å². The van der Waals surface area contributed by atoms with Gasteiger partial charge in [0.25, 0.3) is 16.0 Å². The van der Waals surface area contributed by atoms with Crippen molar-refractivity contribution in [2.75, 3.05) is 12.4 Å². The number of phenols is 1. The van der Waals surface area contributed by atoms with Gasteiger partial charge < -0.3 is 15.2 Å². The quantitative estimate of drug-likeness (QED) is 0.170. The van der Waals surface area contributed by atoms with E-state index >= 15 is 0 Å². The monoisotopic (exact) mass is 559 g/mol. The lowest BCUT2D eigenvalue weighted by Crippen LogP contribution is -2.13. The zero-order valence-electron chi connectivity index (χ0n) is 19.4. The summed E-state index contributed by atoms with van der Waals surface area (Å²) >= 11 is 12.1. The molecule has 1 amide bonds. The maximum absolute atomic E-state index is 13.2. The highest BCUT2D eigenvalue weighted by Crippen LogP contribution is 2.41. The summed E-state index contributed by atoms with van der Waals surface area (Å²) in [5.41, 5.74) is 0.303. The largest absolute Gasteiger partial charge is 0.505 e. The van der Waals surface area contributed by atoms with Gasteiger partial charge in [-0.05, 0) is 54.3 Å². The highest BCUT2D eigenvalue weighted by atomic mass is 35.5.